The SMILES string of the molecule is Fc1ccc2cc3c(nc2c1)NCC3. The van der Waals surface area contributed by atoms with E-state index in [1.54, 1.807) is 6.07 Å². The molecule has 0 fully saturated rings. The van der Waals surface area contributed by atoms with Crippen LogP contribution in [0.25, 0.3) is 10.9 Å². The van der Waals surface area contributed by atoms with Crippen molar-refractivity contribution in [2.75, 3.05) is 11.9 Å². The lowest BCUT2D eigenvalue weighted by atomic mass is 10.1. The average Bonchev–Trinajstić information content (AvgIpc) is 2.61. The van der Waals surface area contributed by atoms with Crippen LogP contribution >= 0.6 is 0 Å². The van der Waals surface area contributed by atoms with Crippen molar-refractivity contribution in [1.82, 2.24) is 4.98 Å². The van der Waals surface area contributed by atoms with Gasteiger partial charge in [0, 0.05) is 18.0 Å². The monoisotopic (exact) mass is 188 g/mol. The Bertz CT molecular complexity index is 508. The molecular formula is C11H9FN2. The Balaban J connectivity index is 2.33. The minimum atomic E-state index is -0.233. The number of benzene rings is 1. The zero-order chi connectivity index (χ0) is 9.54. The Morgan fingerprint density at radius 1 is 1.29 bits per heavy atom. The first-order valence-corrected chi connectivity index (χ1v) is 4.66. The lowest BCUT2D eigenvalue weighted by Gasteiger charge is -2.02. The van der Waals surface area contributed by atoms with Crippen LogP contribution in [0.3, 0.4) is 0 Å². The van der Waals surface area contributed by atoms with Gasteiger partial charge >= 0.3 is 0 Å². The minimum absolute atomic E-state index is 0.233. The maximum absolute atomic E-state index is 12.9. The van der Waals surface area contributed by atoms with E-state index in [2.05, 4.69) is 16.4 Å². The van der Waals surface area contributed by atoms with Gasteiger partial charge in [-0.25, -0.2) is 9.37 Å². The highest BCUT2D eigenvalue weighted by Crippen LogP contribution is 2.24. The molecule has 1 aromatic heterocycles. The first-order valence-electron chi connectivity index (χ1n) is 4.66. The molecule has 1 N–H and O–H groups in total. The fourth-order valence-electron chi connectivity index (χ4n) is 1.84. The van der Waals surface area contributed by atoms with E-state index in [1.165, 1.54) is 17.7 Å². The number of rotatable bonds is 0. The summed E-state index contributed by atoms with van der Waals surface area (Å²) in [6, 6.07) is 6.79. The first-order chi connectivity index (χ1) is 6.83. The molecule has 0 amide bonds. The van der Waals surface area contributed by atoms with Crippen molar-refractivity contribution in [2.24, 2.45) is 0 Å². The normalized spacial score (nSPS) is 14.1. The molecular weight excluding hydrogens is 179 g/mol. The summed E-state index contributed by atoms with van der Waals surface area (Å²) < 4.78 is 12.9. The first kappa shape index (κ1) is 7.74. The molecule has 0 radical (unpaired) electrons. The highest BCUT2D eigenvalue weighted by atomic mass is 19.1. The quantitative estimate of drug-likeness (QED) is 0.686. The Morgan fingerprint density at radius 2 is 2.21 bits per heavy atom. The summed E-state index contributed by atoms with van der Waals surface area (Å²) in [7, 11) is 0. The van der Waals surface area contributed by atoms with Crippen molar-refractivity contribution >= 4 is 16.7 Å². The molecule has 0 aliphatic carbocycles. The maximum Gasteiger partial charge on any atom is 0.129 e. The van der Waals surface area contributed by atoms with Gasteiger partial charge < -0.3 is 5.32 Å². The van der Waals surface area contributed by atoms with Crippen LogP contribution in [0, 0.1) is 5.82 Å². The summed E-state index contributed by atoms with van der Waals surface area (Å²) in [6.45, 7) is 0.932. The maximum atomic E-state index is 12.9. The van der Waals surface area contributed by atoms with Crippen LogP contribution < -0.4 is 5.32 Å². The zero-order valence-electron chi connectivity index (χ0n) is 7.55. The molecule has 14 heavy (non-hydrogen) atoms. The number of fused-ring (bicyclic) bond motifs is 2. The van der Waals surface area contributed by atoms with Gasteiger partial charge in [0.1, 0.15) is 11.6 Å². The second-order valence-corrected chi connectivity index (χ2v) is 3.51. The van der Waals surface area contributed by atoms with Gasteiger partial charge in [-0.3, -0.25) is 0 Å². The van der Waals surface area contributed by atoms with Gasteiger partial charge in [-0.05, 0) is 30.2 Å². The predicted octanol–water partition coefficient (Wildman–Crippen LogP) is 2.34. The van der Waals surface area contributed by atoms with Gasteiger partial charge in [0.25, 0.3) is 0 Å². The second-order valence-electron chi connectivity index (χ2n) is 3.51. The molecule has 1 aliphatic rings. The molecule has 2 aromatic rings. The van der Waals surface area contributed by atoms with Crippen molar-refractivity contribution in [3.05, 3.63) is 35.6 Å². The number of pyridine rings is 1. The summed E-state index contributed by atoms with van der Waals surface area (Å²) in [5, 5.41) is 4.19. The topological polar surface area (TPSA) is 24.9 Å². The molecule has 3 heteroatoms. The third-order valence-corrected chi connectivity index (χ3v) is 2.55. The summed E-state index contributed by atoms with van der Waals surface area (Å²) in [6.07, 6.45) is 1.01. The number of hydrogen-bond acceptors (Lipinski definition) is 2. The number of nitrogens with one attached hydrogen (secondary N) is 1. The van der Waals surface area contributed by atoms with Crippen LogP contribution in [0.4, 0.5) is 10.2 Å². The van der Waals surface area contributed by atoms with Crippen molar-refractivity contribution in [2.45, 2.75) is 6.42 Å². The largest absolute Gasteiger partial charge is 0.369 e. The molecule has 3 rings (SSSR count). The van der Waals surface area contributed by atoms with Crippen LogP contribution in [0.5, 0.6) is 0 Å². The summed E-state index contributed by atoms with van der Waals surface area (Å²) in [5.41, 5.74) is 1.95. The minimum Gasteiger partial charge on any atom is -0.369 e. The van der Waals surface area contributed by atoms with Crippen LogP contribution in [-0.2, 0) is 6.42 Å². The zero-order valence-corrected chi connectivity index (χ0v) is 7.55. The molecule has 0 saturated heterocycles. The molecule has 0 atom stereocenters. The summed E-state index contributed by atoms with van der Waals surface area (Å²) >= 11 is 0. The molecule has 0 saturated carbocycles. The van der Waals surface area contributed by atoms with E-state index >= 15 is 0 Å². The predicted molar refractivity (Wildman–Crippen MR) is 53.9 cm³/mol. The Hall–Kier alpha value is -1.64. The van der Waals surface area contributed by atoms with Gasteiger partial charge in [-0.15, -0.1) is 0 Å². The van der Waals surface area contributed by atoms with Crippen LogP contribution in [0.2, 0.25) is 0 Å². The molecule has 70 valence electrons. The van der Waals surface area contributed by atoms with Crippen molar-refractivity contribution < 1.29 is 4.39 Å². The third kappa shape index (κ3) is 1.05. The number of aromatic nitrogens is 1. The van der Waals surface area contributed by atoms with E-state index in [0.717, 1.165) is 29.7 Å². The second kappa shape index (κ2) is 2.67. The van der Waals surface area contributed by atoms with Crippen molar-refractivity contribution in [1.29, 1.82) is 0 Å². The van der Waals surface area contributed by atoms with E-state index in [1.807, 2.05) is 0 Å². The lowest BCUT2D eigenvalue weighted by Crippen LogP contribution is -1.93. The molecule has 1 aliphatic heterocycles. The van der Waals surface area contributed by atoms with Crippen LogP contribution in [0.15, 0.2) is 24.3 Å². The Labute approximate surface area is 80.8 Å². The highest BCUT2D eigenvalue weighted by Gasteiger charge is 2.12. The van der Waals surface area contributed by atoms with Crippen molar-refractivity contribution in [3.8, 4) is 0 Å². The Morgan fingerprint density at radius 3 is 3.14 bits per heavy atom. The molecule has 0 bridgehead atoms. The van der Waals surface area contributed by atoms with E-state index in [0.29, 0.717) is 0 Å². The summed E-state index contributed by atoms with van der Waals surface area (Å²) in [5.74, 6) is 0.672. The number of halogens is 1. The van der Waals surface area contributed by atoms with E-state index < -0.39 is 0 Å². The van der Waals surface area contributed by atoms with Crippen molar-refractivity contribution in [3.63, 3.8) is 0 Å². The number of hydrogen-bond donors (Lipinski definition) is 1. The molecule has 0 spiro atoms. The lowest BCUT2D eigenvalue weighted by molar-refractivity contribution is 0.629. The average molecular weight is 188 g/mol. The van der Waals surface area contributed by atoms with Gasteiger partial charge in [-0.2, -0.15) is 0 Å². The molecule has 1 aromatic carbocycles. The standard InChI is InChI=1S/C11H9FN2/c12-9-2-1-7-5-8-3-4-13-11(8)14-10(7)6-9/h1-2,5-6H,3-4H2,(H,13,14). The van der Waals surface area contributed by atoms with E-state index in [4.69, 9.17) is 0 Å². The van der Waals surface area contributed by atoms with Gasteiger partial charge in [0.05, 0.1) is 5.52 Å². The smallest absolute Gasteiger partial charge is 0.129 e. The van der Waals surface area contributed by atoms with Gasteiger partial charge in [0.2, 0.25) is 0 Å². The van der Waals surface area contributed by atoms with Crippen LogP contribution in [0.1, 0.15) is 5.56 Å². The van der Waals surface area contributed by atoms with Gasteiger partial charge in [-0.1, -0.05) is 0 Å². The number of nitrogens with zero attached hydrogens (tertiary/aromatic N) is 1. The fourth-order valence-corrected chi connectivity index (χ4v) is 1.84. The third-order valence-electron chi connectivity index (χ3n) is 2.55. The van der Waals surface area contributed by atoms with Crippen LogP contribution in [-0.4, -0.2) is 11.5 Å². The van der Waals surface area contributed by atoms with Gasteiger partial charge in [0.15, 0.2) is 0 Å². The number of anilines is 1. The van der Waals surface area contributed by atoms with E-state index in [9.17, 15) is 4.39 Å². The molecule has 2 heterocycles. The van der Waals surface area contributed by atoms with E-state index in [-0.39, 0.29) is 5.82 Å². The Kier molecular flexibility index (Phi) is 1.48. The fraction of sp³-hybridized carbons (Fsp3) is 0.182. The summed E-state index contributed by atoms with van der Waals surface area (Å²) in [4.78, 5) is 4.37. The molecule has 2 nitrogen and oxygen atoms in total. The molecule has 0 unspecified atom stereocenters. The highest BCUT2D eigenvalue weighted by molar-refractivity contribution is 5.82.